The van der Waals surface area contributed by atoms with Gasteiger partial charge in [-0.15, -0.1) is 20.4 Å². The summed E-state index contributed by atoms with van der Waals surface area (Å²) >= 11 is 0. The maximum absolute atomic E-state index is 7.69. The van der Waals surface area contributed by atoms with E-state index in [1.165, 1.54) is 308 Å². The average Bonchev–Trinajstić information content (AvgIpc) is 0.870. The van der Waals surface area contributed by atoms with Gasteiger partial charge in [-0.25, -0.2) is 0 Å². The summed E-state index contributed by atoms with van der Waals surface area (Å²) in [6, 6.07) is 44.7. The van der Waals surface area contributed by atoms with Crippen molar-refractivity contribution < 1.29 is 37.3 Å². The topological polar surface area (TPSA) is 133 Å². The number of nitrogens with zero attached hydrogens (tertiary/aromatic N) is 4. The van der Waals surface area contributed by atoms with E-state index in [2.05, 4.69) is 163 Å². The zero-order valence-corrected chi connectivity index (χ0v) is 81.4. The summed E-state index contributed by atoms with van der Waals surface area (Å²) in [5.41, 5.74) is 8.40. The number of rotatable bonds is 76. The van der Waals surface area contributed by atoms with Crippen LogP contribution in [-0.4, -0.2) is 60.0 Å². The number of unbranched alkanes of at least 4 members (excludes halogenated alkanes) is 54. The molecule has 0 spiro atoms. The van der Waals surface area contributed by atoms with Gasteiger partial charge in [-0.3, -0.25) is 0 Å². The van der Waals surface area contributed by atoms with Crippen molar-refractivity contribution in [2.45, 2.75) is 449 Å². The van der Waals surface area contributed by atoms with Crippen LogP contribution < -0.4 is 28.4 Å². The van der Waals surface area contributed by atoms with Gasteiger partial charge < -0.3 is 37.3 Å². The third kappa shape index (κ3) is 29.2. The molecule has 2 heterocycles. The molecular formula is C116H172N4O8. The molecule has 6 aromatic carbocycles. The molecule has 704 valence electrons. The Balaban J connectivity index is 0.950. The fourth-order valence-electron chi connectivity index (χ4n) is 21.0. The molecule has 0 saturated carbocycles. The second-order valence-electron chi connectivity index (χ2n) is 38.4. The van der Waals surface area contributed by atoms with E-state index in [0.29, 0.717) is 97.7 Å². The van der Waals surface area contributed by atoms with Crippen LogP contribution in [0.1, 0.15) is 495 Å². The van der Waals surface area contributed by atoms with Gasteiger partial charge in [0.25, 0.3) is 0 Å². The van der Waals surface area contributed by atoms with E-state index in [9.17, 15) is 0 Å². The Morgan fingerprint density at radius 2 is 0.398 bits per heavy atom. The minimum Gasteiger partial charge on any atom is -0.490 e. The van der Waals surface area contributed by atoms with Gasteiger partial charge >= 0.3 is 0 Å². The van der Waals surface area contributed by atoms with Gasteiger partial charge in [-0.05, 0) is 107 Å². The van der Waals surface area contributed by atoms with Gasteiger partial charge in [0.2, 0.25) is 35.1 Å². The van der Waals surface area contributed by atoms with Crippen LogP contribution in [0.2, 0.25) is 0 Å². The highest BCUT2D eigenvalue weighted by molar-refractivity contribution is 5.77. The molecule has 0 atom stereocenters. The lowest BCUT2D eigenvalue weighted by Crippen LogP contribution is -2.54. The van der Waals surface area contributed by atoms with Crippen molar-refractivity contribution in [3.05, 3.63) is 178 Å². The Bertz CT molecular complexity index is 3850. The summed E-state index contributed by atoms with van der Waals surface area (Å²) < 4.78 is 57.6. The smallest absolute Gasteiger partial charge is 0.248 e. The molecular weight excluding hydrogens is 1580 g/mol. The van der Waals surface area contributed by atoms with Gasteiger partial charge in [0.05, 0.1) is 39.6 Å². The molecule has 12 nitrogen and oxygen atoms in total. The predicted molar refractivity (Wildman–Crippen MR) is 533 cm³/mol. The van der Waals surface area contributed by atoms with Crippen molar-refractivity contribution in [2.24, 2.45) is 0 Å². The van der Waals surface area contributed by atoms with Crippen LogP contribution in [0.3, 0.4) is 0 Å². The number of hydrogen-bond donors (Lipinski definition) is 0. The summed E-state index contributed by atoms with van der Waals surface area (Å²) in [6.07, 6.45) is 75.1. The van der Waals surface area contributed by atoms with Crippen molar-refractivity contribution in [1.82, 2.24) is 20.4 Å². The molecule has 8 aromatic rings. The molecule has 4 bridgehead atoms. The number of benzene rings is 6. The molecule has 0 fully saturated rings. The molecule has 0 N–H and O–H groups in total. The van der Waals surface area contributed by atoms with Gasteiger partial charge in [0.1, 0.15) is 10.8 Å². The van der Waals surface area contributed by atoms with E-state index in [4.69, 9.17) is 57.7 Å². The second-order valence-corrected chi connectivity index (χ2v) is 38.4. The highest BCUT2D eigenvalue weighted by atomic mass is 16.5. The van der Waals surface area contributed by atoms with Crippen LogP contribution >= 0.6 is 0 Å². The lowest BCUT2D eigenvalue weighted by atomic mass is 9.42. The van der Waals surface area contributed by atoms with Crippen molar-refractivity contribution in [2.75, 3.05) is 39.6 Å². The van der Waals surface area contributed by atoms with E-state index in [0.717, 1.165) is 133 Å². The summed E-state index contributed by atoms with van der Waals surface area (Å²) in [5.74, 6) is 5.12. The van der Waals surface area contributed by atoms with Crippen molar-refractivity contribution in [3.63, 3.8) is 0 Å². The summed E-state index contributed by atoms with van der Waals surface area (Å²) in [5, 5.41) is 21.4. The van der Waals surface area contributed by atoms with Crippen LogP contribution in [-0.2, 0) is 10.8 Å². The fraction of sp³-hybridized carbons (Fsp3) is 0.655. The Labute approximate surface area is 777 Å². The van der Waals surface area contributed by atoms with Crippen LogP contribution in [0, 0.1) is 0 Å². The number of ether oxygens (including phenoxy) is 6. The van der Waals surface area contributed by atoms with Gasteiger partial charge in [-0.2, -0.15) is 0 Å². The maximum atomic E-state index is 7.69. The first-order chi connectivity index (χ1) is 63.5. The summed E-state index contributed by atoms with van der Waals surface area (Å²) in [6.45, 7) is 17.2. The first kappa shape index (κ1) is 101. The SMILES string of the molecule is CCCCCCCCCCCCOc1cc(-c2nnc(C34c5ccccc5C(c5ccccc53)C3(c5nnc(-c6cc(OCCCCCCCCCCCC)c(OCCCCCCCCCCCC)c(OCCCCCCCCCCCC)c6)o5)c5ccccc5C4c4ccccc43)o2)cc(OCCCCCCCCCCCC)c1OCCCCCCCCCCCC. The minimum atomic E-state index is -1.04. The van der Waals surface area contributed by atoms with Crippen molar-refractivity contribution in [3.8, 4) is 57.4 Å². The van der Waals surface area contributed by atoms with Gasteiger partial charge in [0, 0.05) is 23.0 Å². The minimum absolute atomic E-state index is 0.373. The van der Waals surface area contributed by atoms with E-state index in [-0.39, 0.29) is 11.8 Å². The molecule has 6 aliphatic rings. The molecule has 14 rings (SSSR count). The third-order valence-electron chi connectivity index (χ3n) is 28.2. The number of hydrogen-bond acceptors (Lipinski definition) is 12. The molecule has 0 radical (unpaired) electrons. The Morgan fingerprint density at radius 1 is 0.219 bits per heavy atom. The van der Waals surface area contributed by atoms with E-state index < -0.39 is 10.8 Å². The predicted octanol–water partition coefficient (Wildman–Crippen LogP) is 34.9. The quantitative estimate of drug-likeness (QED) is 0.0336. The molecule has 12 heteroatoms. The van der Waals surface area contributed by atoms with Crippen LogP contribution in [0.5, 0.6) is 34.5 Å². The first-order valence-corrected chi connectivity index (χ1v) is 53.7. The molecule has 6 aliphatic carbocycles. The summed E-state index contributed by atoms with van der Waals surface area (Å²) in [7, 11) is 0. The molecule has 0 saturated heterocycles. The standard InChI is InChI=1S/C116H172N4O8/c1-7-13-19-25-31-37-43-49-55-69-83-121-103-89-93(90-104(122-84-70-56-50-44-38-32-26-20-14-8-2)109(103)125-87-73-59-53-47-41-35-29-23-17-11-5)111-117-119-113(127-111)115-99-79-65-61-75-95(99)108(96-76-62-66-80-100(96)115)116(101-81-67-63-77-97(101)107(115)98-78-64-68-82-102(98)116)114-120-118-112(128-114)94-91-105(123-85-71-57-51-45-39-33-27-21-15-9-3)110(126-88-74-60-54-48-42-36-30-24-18-12-6)106(92-94)124-86-72-58-52-46-40-34-28-22-16-10-4/h61-68,75-82,89-92,107-108H,7-60,69-74,83-88H2,1-6H3. The maximum Gasteiger partial charge on any atom is 0.248 e. The molecule has 0 unspecified atom stereocenters. The monoisotopic (exact) mass is 1750 g/mol. The summed E-state index contributed by atoms with van der Waals surface area (Å²) in [4.78, 5) is 0. The van der Waals surface area contributed by atoms with Gasteiger partial charge in [0.15, 0.2) is 23.0 Å². The molecule has 0 amide bonds. The molecule has 128 heavy (non-hydrogen) atoms. The normalized spacial score (nSPS) is 15.8. The lowest BCUT2D eigenvalue weighted by molar-refractivity contribution is 0.234. The van der Waals surface area contributed by atoms with E-state index in [1.807, 2.05) is 0 Å². The zero-order chi connectivity index (χ0) is 89.0. The van der Waals surface area contributed by atoms with Crippen molar-refractivity contribution >= 4 is 0 Å². The zero-order valence-electron chi connectivity index (χ0n) is 81.4. The Hall–Kier alpha value is -7.60. The van der Waals surface area contributed by atoms with Crippen LogP contribution in [0.4, 0.5) is 0 Å². The average molecular weight is 1750 g/mol. The molecule has 2 aromatic heterocycles. The lowest BCUT2D eigenvalue weighted by Gasteiger charge is -2.58. The number of aromatic nitrogens is 4. The van der Waals surface area contributed by atoms with Gasteiger partial charge in [-0.1, -0.05) is 485 Å². The highest BCUT2D eigenvalue weighted by Crippen LogP contribution is 2.71. The molecule has 0 aliphatic heterocycles. The third-order valence-corrected chi connectivity index (χ3v) is 28.2. The largest absolute Gasteiger partial charge is 0.490 e. The van der Waals surface area contributed by atoms with Crippen LogP contribution in [0.15, 0.2) is 130 Å². The van der Waals surface area contributed by atoms with E-state index in [1.54, 1.807) is 0 Å². The second kappa shape index (κ2) is 59.0. The fourth-order valence-corrected chi connectivity index (χ4v) is 21.0. The van der Waals surface area contributed by atoms with Crippen LogP contribution in [0.25, 0.3) is 22.9 Å². The van der Waals surface area contributed by atoms with Crippen molar-refractivity contribution in [1.29, 1.82) is 0 Å². The Kier molecular flexibility index (Phi) is 46.5. The Morgan fingerprint density at radius 3 is 0.602 bits per heavy atom. The van der Waals surface area contributed by atoms with E-state index >= 15 is 0 Å². The first-order valence-electron chi connectivity index (χ1n) is 53.7. The highest BCUT2D eigenvalue weighted by Gasteiger charge is 2.67.